The van der Waals surface area contributed by atoms with E-state index in [2.05, 4.69) is 10.9 Å². The number of nitrogens with zero attached hydrogens (tertiary/aromatic N) is 1. The summed E-state index contributed by atoms with van der Waals surface area (Å²) in [6.45, 7) is 3.97. The summed E-state index contributed by atoms with van der Waals surface area (Å²) in [4.78, 5) is 13.8. The summed E-state index contributed by atoms with van der Waals surface area (Å²) in [6, 6.07) is 5.89. The first kappa shape index (κ1) is 23.6. The van der Waals surface area contributed by atoms with Crippen molar-refractivity contribution in [3.8, 4) is 18.1 Å². The molecule has 2 aromatic rings. The van der Waals surface area contributed by atoms with E-state index in [0.29, 0.717) is 19.4 Å². The van der Waals surface area contributed by atoms with Crippen LogP contribution in [0.1, 0.15) is 42.7 Å². The third kappa shape index (κ3) is 5.99. The van der Waals surface area contributed by atoms with Crippen molar-refractivity contribution >= 4 is 20.8 Å². The lowest BCUT2D eigenvalue weighted by molar-refractivity contribution is -0.113. The van der Waals surface area contributed by atoms with E-state index in [4.69, 9.17) is 42.1 Å². The van der Waals surface area contributed by atoms with Gasteiger partial charge in [-0.05, 0) is 38.0 Å². The molecule has 0 bridgehead atoms. The van der Waals surface area contributed by atoms with Crippen LogP contribution in [0.4, 0.5) is 0 Å². The fourth-order valence-corrected chi connectivity index (χ4v) is 4.29. The number of para-hydroxylation sites is 1. The first-order chi connectivity index (χ1) is 14.8. The number of aliphatic hydroxyl groups is 2. The number of aromatic amines is 1. The second-order valence-corrected chi connectivity index (χ2v) is 8.32. The van der Waals surface area contributed by atoms with Crippen LogP contribution in [0.5, 0.6) is 5.75 Å². The van der Waals surface area contributed by atoms with Crippen LogP contribution in [0.3, 0.4) is 0 Å². The molecule has 2 aliphatic heterocycles. The van der Waals surface area contributed by atoms with Crippen LogP contribution in [-0.4, -0.2) is 32.3 Å². The van der Waals surface area contributed by atoms with Gasteiger partial charge in [0.25, 0.3) is 5.56 Å². The van der Waals surface area contributed by atoms with E-state index in [9.17, 15) is 9.90 Å². The maximum absolute atomic E-state index is 11.3. The SMILES string of the molecule is C#Cc1cn(C2CC[C@@H](O)O2)c(=S)[nH]c1=O.Cc1cccc2c1OP(OC(C)O)OC2. The number of fused-ring (bicyclic) bond motifs is 1. The monoisotopic (exact) mass is 466 g/mol. The topological polar surface area (TPSA) is 115 Å². The number of hydrogen-bond acceptors (Lipinski definition) is 8. The summed E-state index contributed by atoms with van der Waals surface area (Å²) in [6.07, 6.45) is 5.81. The van der Waals surface area contributed by atoms with Crippen molar-refractivity contribution in [2.24, 2.45) is 0 Å². The Morgan fingerprint density at radius 2 is 2.23 bits per heavy atom. The Hall–Kier alpha value is -2.09. The minimum atomic E-state index is -1.46. The molecule has 1 fully saturated rings. The van der Waals surface area contributed by atoms with Gasteiger partial charge in [-0.1, -0.05) is 24.1 Å². The third-order valence-electron chi connectivity index (χ3n) is 4.43. The number of aryl methyl sites for hydroxylation is 1. The van der Waals surface area contributed by atoms with Crippen LogP contribution in [0.15, 0.2) is 29.2 Å². The molecule has 4 atom stereocenters. The molecule has 3 unspecified atom stereocenters. The second kappa shape index (κ2) is 10.5. The Morgan fingerprint density at radius 3 is 2.87 bits per heavy atom. The minimum Gasteiger partial charge on any atom is -0.426 e. The maximum Gasteiger partial charge on any atom is 0.399 e. The van der Waals surface area contributed by atoms with Crippen molar-refractivity contribution in [2.75, 3.05) is 0 Å². The zero-order chi connectivity index (χ0) is 22.5. The highest BCUT2D eigenvalue weighted by atomic mass is 32.1. The molecule has 9 nitrogen and oxygen atoms in total. The zero-order valence-corrected chi connectivity index (χ0v) is 18.7. The first-order valence-corrected chi connectivity index (χ1v) is 11.0. The van der Waals surface area contributed by atoms with Crippen molar-refractivity contribution in [2.45, 2.75) is 52.1 Å². The highest BCUT2D eigenvalue weighted by molar-refractivity contribution is 7.71. The van der Waals surface area contributed by atoms with Gasteiger partial charge < -0.3 is 19.5 Å². The van der Waals surface area contributed by atoms with Gasteiger partial charge in [-0.3, -0.25) is 23.4 Å². The molecule has 2 aliphatic rings. The molecule has 3 heterocycles. The smallest absolute Gasteiger partial charge is 0.399 e. The second-order valence-electron chi connectivity index (χ2n) is 6.83. The van der Waals surface area contributed by atoms with Crippen LogP contribution in [0.2, 0.25) is 0 Å². The van der Waals surface area contributed by atoms with Gasteiger partial charge in [0.05, 0.1) is 6.61 Å². The lowest BCUT2D eigenvalue weighted by Crippen LogP contribution is -2.19. The molecule has 0 spiro atoms. The quantitative estimate of drug-likeness (QED) is 0.274. The fourth-order valence-electron chi connectivity index (χ4n) is 2.97. The standard InChI is InChI=1S/C10H10N2O3S.C10H13O4P/c1-2-6-5-12(10(16)11-9(6)14)7-3-4-8(13)15-7;1-7-4-3-5-9-6-12-15(13-8(2)11)14-10(7)9/h1,5,7-8,13H,3-4H2,(H,11,14,16);3-5,8,11H,6H2,1-2H3/t7?,8-;/m0./s1. The van der Waals surface area contributed by atoms with Crippen molar-refractivity contribution in [3.05, 3.63) is 56.2 Å². The van der Waals surface area contributed by atoms with Gasteiger partial charge in [-0.25, -0.2) is 0 Å². The van der Waals surface area contributed by atoms with Crippen LogP contribution in [0, 0.1) is 24.0 Å². The summed E-state index contributed by atoms with van der Waals surface area (Å²) in [5.41, 5.74) is 1.88. The Kier molecular flexibility index (Phi) is 7.97. The van der Waals surface area contributed by atoms with Crippen LogP contribution in [-0.2, 0) is 20.4 Å². The molecule has 31 heavy (non-hydrogen) atoms. The Balaban J connectivity index is 0.000000176. The summed E-state index contributed by atoms with van der Waals surface area (Å²) in [5, 5.41) is 18.3. The highest BCUT2D eigenvalue weighted by Gasteiger charge is 2.26. The van der Waals surface area contributed by atoms with Gasteiger partial charge in [-0.15, -0.1) is 6.42 Å². The minimum absolute atomic E-state index is 0.193. The Labute approximate surface area is 185 Å². The van der Waals surface area contributed by atoms with Crippen molar-refractivity contribution in [3.63, 3.8) is 0 Å². The lowest BCUT2D eigenvalue weighted by atomic mass is 10.1. The third-order valence-corrected chi connectivity index (χ3v) is 5.89. The van der Waals surface area contributed by atoms with Gasteiger partial charge >= 0.3 is 8.60 Å². The number of aliphatic hydroxyl groups excluding tert-OH is 2. The largest absolute Gasteiger partial charge is 0.426 e. The van der Waals surface area contributed by atoms with E-state index in [1.54, 1.807) is 4.57 Å². The number of rotatable bonds is 3. The van der Waals surface area contributed by atoms with Gasteiger partial charge in [0.1, 0.15) is 17.5 Å². The molecular weight excluding hydrogens is 443 g/mol. The normalized spacial score (nSPS) is 23.0. The van der Waals surface area contributed by atoms with E-state index in [-0.39, 0.29) is 22.1 Å². The average Bonchev–Trinajstić information content (AvgIpc) is 3.15. The number of hydrogen-bond donors (Lipinski definition) is 3. The molecule has 3 N–H and O–H groups in total. The van der Waals surface area contributed by atoms with Crippen LogP contribution < -0.4 is 10.1 Å². The van der Waals surface area contributed by atoms with Crippen LogP contribution >= 0.6 is 20.8 Å². The molecule has 4 rings (SSSR count). The molecule has 1 aromatic carbocycles. The van der Waals surface area contributed by atoms with Crippen molar-refractivity contribution in [1.29, 1.82) is 0 Å². The van der Waals surface area contributed by atoms with E-state index >= 15 is 0 Å². The van der Waals surface area contributed by atoms with Gasteiger partial charge in [0.15, 0.2) is 17.4 Å². The van der Waals surface area contributed by atoms with Crippen molar-refractivity contribution in [1.82, 2.24) is 9.55 Å². The number of benzene rings is 1. The van der Waals surface area contributed by atoms with E-state index in [1.807, 2.05) is 25.1 Å². The van der Waals surface area contributed by atoms with E-state index in [0.717, 1.165) is 16.9 Å². The molecule has 0 saturated carbocycles. The number of aromatic nitrogens is 2. The summed E-state index contributed by atoms with van der Waals surface area (Å²) in [7, 11) is -1.46. The predicted molar refractivity (Wildman–Crippen MR) is 115 cm³/mol. The average molecular weight is 466 g/mol. The number of ether oxygens (including phenoxy) is 1. The molecule has 0 aliphatic carbocycles. The van der Waals surface area contributed by atoms with Gasteiger partial charge in [0.2, 0.25) is 0 Å². The molecular formula is C20H23N2O7PS. The number of terminal acetylenes is 1. The predicted octanol–water partition coefficient (Wildman–Crippen LogP) is 3.00. The lowest BCUT2D eigenvalue weighted by Gasteiger charge is -2.25. The number of nitrogens with one attached hydrogen (secondary N) is 1. The number of H-pyrrole nitrogens is 1. The van der Waals surface area contributed by atoms with Gasteiger partial charge in [-0.2, -0.15) is 0 Å². The van der Waals surface area contributed by atoms with E-state index < -0.39 is 21.2 Å². The molecule has 1 saturated heterocycles. The summed E-state index contributed by atoms with van der Waals surface area (Å²) < 4.78 is 23.0. The molecule has 1 aromatic heterocycles. The Morgan fingerprint density at radius 1 is 1.45 bits per heavy atom. The molecule has 11 heteroatoms. The molecule has 166 valence electrons. The summed E-state index contributed by atoms with van der Waals surface area (Å²) in [5.74, 6) is 3.08. The van der Waals surface area contributed by atoms with Crippen LogP contribution in [0.25, 0.3) is 0 Å². The molecule has 0 amide bonds. The summed E-state index contributed by atoms with van der Waals surface area (Å²) >= 11 is 5.00. The zero-order valence-electron chi connectivity index (χ0n) is 17.0. The van der Waals surface area contributed by atoms with E-state index in [1.165, 1.54) is 13.1 Å². The first-order valence-electron chi connectivity index (χ1n) is 9.48. The maximum atomic E-state index is 11.3. The van der Waals surface area contributed by atoms with Crippen molar-refractivity contribution < 1.29 is 28.5 Å². The molecule has 0 radical (unpaired) electrons. The van der Waals surface area contributed by atoms with Gasteiger partial charge in [0, 0.05) is 18.2 Å². The highest BCUT2D eigenvalue weighted by Crippen LogP contribution is 2.48. The Bertz CT molecular complexity index is 1080. The fraction of sp³-hybridized carbons (Fsp3) is 0.400.